The molecule has 0 aliphatic carbocycles. The van der Waals surface area contributed by atoms with E-state index in [-0.39, 0.29) is 17.8 Å². The molecule has 3 nitrogen and oxygen atoms in total. The quantitative estimate of drug-likeness (QED) is 0.0541. The number of carbonyl (C=O) groups excluding carboxylic acids is 1. The molecule has 0 aliphatic heterocycles. The van der Waals surface area contributed by atoms with Gasteiger partial charge in [-0.1, -0.05) is 232 Å². The number of hydrogen-bond donors (Lipinski definition) is 1. The average molecular weight is 727 g/mol. The fraction of sp³-hybridized carbons (Fsp3) is 0.857. The van der Waals surface area contributed by atoms with Crippen molar-refractivity contribution in [2.45, 2.75) is 271 Å². The number of aromatic hydroxyl groups is 1. The van der Waals surface area contributed by atoms with E-state index in [1.54, 1.807) is 6.07 Å². The first-order valence-corrected chi connectivity index (χ1v) is 23.6. The molecule has 1 N–H and O–H groups in total. The van der Waals surface area contributed by atoms with Crippen LogP contribution in [0.15, 0.2) is 18.2 Å². The Labute approximate surface area is 325 Å². The second kappa shape index (κ2) is 37.8. The number of carbonyl (C=O) groups is 1. The van der Waals surface area contributed by atoms with Gasteiger partial charge >= 0.3 is 5.97 Å². The van der Waals surface area contributed by atoms with Crippen molar-refractivity contribution in [2.24, 2.45) is 0 Å². The minimum Gasteiger partial charge on any atom is -0.507 e. The third-order valence-corrected chi connectivity index (χ3v) is 11.4. The number of hydrogen-bond acceptors (Lipinski definition) is 3. The maximum Gasteiger partial charge on any atom is 0.342 e. The topological polar surface area (TPSA) is 46.5 Å². The summed E-state index contributed by atoms with van der Waals surface area (Å²) >= 11 is 0. The fourth-order valence-electron chi connectivity index (χ4n) is 7.80. The number of ether oxygens (including phenoxy) is 1. The van der Waals surface area contributed by atoms with Gasteiger partial charge in [-0.3, -0.25) is 0 Å². The van der Waals surface area contributed by atoms with Crippen molar-refractivity contribution in [2.75, 3.05) is 0 Å². The van der Waals surface area contributed by atoms with Gasteiger partial charge < -0.3 is 9.84 Å². The van der Waals surface area contributed by atoms with E-state index < -0.39 is 0 Å². The molecule has 0 fully saturated rings. The van der Waals surface area contributed by atoms with Crippen LogP contribution in [-0.4, -0.2) is 17.2 Å². The SMILES string of the molecule is CCCCCCCCCCCCCCCCCCc1ccc(O)c(C(=O)OC(CCCCC)CCCCCCCCCCCCCCCCCC)c1. The first kappa shape index (κ1) is 48.5. The molecule has 3 heteroatoms. The summed E-state index contributed by atoms with van der Waals surface area (Å²) in [6.07, 6.45) is 50.0. The van der Waals surface area contributed by atoms with E-state index in [1.807, 2.05) is 12.1 Å². The zero-order chi connectivity index (χ0) is 37.6. The van der Waals surface area contributed by atoms with Gasteiger partial charge in [0.1, 0.15) is 17.4 Å². The molecule has 0 aliphatic rings. The predicted octanol–water partition coefficient (Wildman–Crippen LogP) is 17.0. The smallest absolute Gasteiger partial charge is 0.342 e. The lowest BCUT2D eigenvalue weighted by Crippen LogP contribution is -2.19. The number of aryl methyl sites for hydroxylation is 1. The lowest BCUT2D eigenvalue weighted by molar-refractivity contribution is 0.0246. The van der Waals surface area contributed by atoms with Crippen molar-refractivity contribution in [1.29, 1.82) is 0 Å². The number of phenols is 1. The highest BCUT2D eigenvalue weighted by Crippen LogP contribution is 2.24. The summed E-state index contributed by atoms with van der Waals surface area (Å²) in [6, 6.07) is 5.56. The summed E-state index contributed by atoms with van der Waals surface area (Å²) < 4.78 is 6.08. The maximum atomic E-state index is 13.3. The van der Waals surface area contributed by atoms with Crippen molar-refractivity contribution in [3.63, 3.8) is 0 Å². The van der Waals surface area contributed by atoms with Crippen LogP contribution in [0.2, 0.25) is 0 Å². The number of unbranched alkanes of at least 4 members (excludes halogenated alkanes) is 32. The standard InChI is InChI=1S/C49H90O3/c1-4-7-10-12-14-16-18-20-22-24-26-28-30-32-34-37-39-45-42-43-48(50)47(44-45)49(51)52-46(40-36-9-6-3)41-38-35-33-31-29-27-25-23-21-19-17-15-13-11-8-5-2/h42-44,46,50H,4-41H2,1-3H3. The van der Waals surface area contributed by atoms with Crippen LogP contribution in [0.25, 0.3) is 0 Å². The molecular formula is C49H90O3. The molecular weight excluding hydrogens is 637 g/mol. The first-order chi connectivity index (χ1) is 25.6. The molecule has 0 spiro atoms. The van der Waals surface area contributed by atoms with Crippen LogP contribution in [-0.2, 0) is 11.2 Å². The molecule has 1 rings (SSSR count). The van der Waals surface area contributed by atoms with Crippen LogP contribution in [0.1, 0.15) is 274 Å². The van der Waals surface area contributed by atoms with Crippen LogP contribution in [0, 0.1) is 0 Å². The van der Waals surface area contributed by atoms with Gasteiger partial charge in [-0.2, -0.15) is 0 Å². The Balaban J connectivity index is 2.20. The van der Waals surface area contributed by atoms with Crippen LogP contribution in [0.5, 0.6) is 5.75 Å². The van der Waals surface area contributed by atoms with E-state index in [0.29, 0.717) is 5.56 Å². The third kappa shape index (κ3) is 29.9. The van der Waals surface area contributed by atoms with Crippen molar-refractivity contribution in [3.05, 3.63) is 29.3 Å². The highest BCUT2D eigenvalue weighted by Gasteiger charge is 2.19. The van der Waals surface area contributed by atoms with Crippen LogP contribution in [0.4, 0.5) is 0 Å². The van der Waals surface area contributed by atoms with Crippen molar-refractivity contribution >= 4 is 5.97 Å². The summed E-state index contributed by atoms with van der Waals surface area (Å²) in [7, 11) is 0. The molecule has 0 amide bonds. The largest absolute Gasteiger partial charge is 0.507 e. The molecule has 1 unspecified atom stereocenters. The highest BCUT2D eigenvalue weighted by atomic mass is 16.5. The number of esters is 1. The third-order valence-electron chi connectivity index (χ3n) is 11.4. The Hall–Kier alpha value is -1.51. The molecule has 0 radical (unpaired) electrons. The van der Waals surface area contributed by atoms with E-state index in [9.17, 15) is 9.90 Å². The van der Waals surface area contributed by atoms with Gasteiger partial charge in [0.25, 0.3) is 0 Å². The summed E-state index contributed by atoms with van der Waals surface area (Å²) in [6.45, 7) is 6.80. The first-order valence-electron chi connectivity index (χ1n) is 23.6. The van der Waals surface area contributed by atoms with Crippen molar-refractivity contribution in [3.8, 4) is 5.75 Å². The average Bonchev–Trinajstić information content (AvgIpc) is 3.15. The molecule has 0 bridgehead atoms. The number of phenolic OH excluding ortho intramolecular Hbond substituents is 1. The second-order valence-corrected chi connectivity index (χ2v) is 16.5. The summed E-state index contributed by atoms with van der Waals surface area (Å²) in [5.74, 6) is -0.292. The van der Waals surface area contributed by atoms with E-state index in [0.717, 1.165) is 44.1 Å². The summed E-state index contributed by atoms with van der Waals surface area (Å²) in [4.78, 5) is 13.3. The monoisotopic (exact) mass is 727 g/mol. The van der Waals surface area contributed by atoms with Gasteiger partial charge in [-0.25, -0.2) is 4.79 Å². The molecule has 1 atom stereocenters. The van der Waals surface area contributed by atoms with Crippen LogP contribution >= 0.6 is 0 Å². The molecule has 304 valence electrons. The van der Waals surface area contributed by atoms with Gasteiger partial charge in [0.2, 0.25) is 0 Å². The summed E-state index contributed by atoms with van der Waals surface area (Å²) in [5, 5.41) is 10.6. The zero-order valence-electron chi connectivity index (χ0n) is 35.4. The van der Waals surface area contributed by atoms with Crippen LogP contribution < -0.4 is 0 Å². The molecule has 0 aromatic heterocycles. The minimum atomic E-state index is -0.343. The minimum absolute atomic E-state index is 0.0472. The van der Waals surface area contributed by atoms with E-state index >= 15 is 0 Å². The van der Waals surface area contributed by atoms with E-state index in [2.05, 4.69) is 20.8 Å². The maximum absolute atomic E-state index is 13.3. The van der Waals surface area contributed by atoms with Crippen molar-refractivity contribution in [1.82, 2.24) is 0 Å². The van der Waals surface area contributed by atoms with Crippen LogP contribution in [0.3, 0.4) is 0 Å². The lowest BCUT2D eigenvalue weighted by Gasteiger charge is -2.19. The predicted molar refractivity (Wildman–Crippen MR) is 229 cm³/mol. The Morgan fingerprint density at radius 2 is 0.769 bits per heavy atom. The van der Waals surface area contributed by atoms with Gasteiger partial charge in [-0.05, 0) is 56.2 Å². The molecule has 0 saturated carbocycles. The van der Waals surface area contributed by atoms with Gasteiger partial charge in [0.05, 0.1) is 0 Å². The Morgan fingerprint density at radius 1 is 0.462 bits per heavy atom. The van der Waals surface area contributed by atoms with Gasteiger partial charge in [0, 0.05) is 0 Å². The Bertz CT molecular complexity index is 895. The molecule has 52 heavy (non-hydrogen) atoms. The molecule has 0 saturated heterocycles. The highest BCUT2D eigenvalue weighted by molar-refractivity contribution is 5.92. The van der Waals surface area contributed by atoms with E-state index in [1.165, 1.54) is 205 Å². The van der Waals surface area contributed by atoms with Crippen molar-refractivity contribution < 1.29 is 14.6 Å². The Kier molecular flexibility index (Phi) is 35.3. The molecule has 1 aromatic rings. The number of rotatable bonds is 40. The zero-order valence-corrected chi connectivity index (χ0v) is 35.4. The van der Waals surface area contributed by atoms with Gasteiger partial charge in [0.15, 0.2) is 0 Å². The Morgan fingerprint density at radius 3 is 1.15 bits per heavy atom. The summed E-state index contributed by atoms with van der Waals surface area (Å²) in [5.41, 5.74) is 1.48. The van der Waals surface area contributed by atoms with Gasteiger partial charge in [-0.15, -0.1) is 0 Å². The normalized spacial score (nSPS) is 12.1. The lowest BCUT2D eigenvalue weighted by atomic mass is 10.0. The molecule has 0 heterocycles. The fourth-order valence-corrected chi connectivity index (χ4v) is 7.80. The molecule has 1 aromatic carbocycles. The van der Waals surface area contributed by atoms with E-state index in [4.69, 9.17) is 4.74 Å². The second-order valence-electron chi connectivity index (χ2n) is 16.5. The number of benzene rings is 1.